The van der Waals surface area contributed by atoms with Gasteiger partial charge in [0.25, 0.3) is 5.91 Å². The summed E-state index contributed by atoms with van der Waals surface area (Å²) in [5.41, 5.74) is 0.237. The van der Waals surface area contributed by atoms with E-state index in [0.29, 0.717) is 0 Å². The van der Waals surface area contributed by atoms with Crippen molar-refractivity contribution >= 4 is 40.8 Å². The Morgan fingerprint density at radius 1 is 1.00 bits per heavy atom. The van der Waals surface area contributed by atoms with E-state index in [4.69, 9.17) is 28.3 Å². The lowest BCUT2D eigenvalue weighted by Gasteiger charge is -2.10. The highest BCUT2D eigenvalue weighted by Gasteiger charge is 2.15. The van der Waals surface area contributed by atoms with Crippen LogP contribution in [0.5, 0.6) is 5.75 Å². The van der Waals surface area contributed by atoms with Gasteiger partial charge in [-0.15, -0.1) is 0 Å². The van der Waals surface area contributed by atoms with Crippen LogP contribution in [-0.2, 0) is 0 Å². The number of anilines is 1. The summed E-state index contributed by atoms with van der Waals surface area (Å²) >= 11 is 11.9. The molecule has 1 amide bonds. The molecule has 0 fully saturated rings. The quantitative estimate of drug-likeness (QED) is 0.803. The van der Waals surface area contributed by atoms with Gasteiger partial charge in [-0.1, -0.05) is 29.3 Å². The fourth-order valence-electron chi connectivity index (χ4n) is 1.65. The molecule has 0 spiro atoms. The molecule has 0 radical (unpaired) electrons. The number of halogens is 2. The lowest BCUT2D eigenvalue weighted by Crippen LogP contribution is -2.13. The number of hydrogen-bond donors (Lipinski definition) is 3. The van der Waals surface area contributed by atoms with Crippen molar-refractivity contribution < 1.29 is 19.8 Å². The molecule has 0 aliphatic heterocycles. The van der Waals surface area contributed by atoms with E-state index in [9.17, 15) is 14.7 Å². The number of aromatic hydroxyl groups is 1. The van der Waals surface area contributed by atoms with Gasteiger partial charge in [0, 0.05) is 5.56 Å². The van der Waals surface area contributed by atoms with Gasteiger partial charge in [0.05, 0.1) is 21.3 Å². The Morgan fingerprint density at radius 3 is 2.14 bits per heavy atom. The normalized spacial score (nSPS) is 10.2. The van der Waals surface area contributed by atoms with Crippen LogP contribution in [0.1, 0.15) is 20.7 Å². The Hall–Kier alpha value is -2.24. The Bertz CT molecular complexity index is 708. The van der Waals surface area contributed by atoms with Gasteiger partial charge >= 0.3 is 5.97 Å². The molecule has 0 saturated heterocycles. The van der Waals surface area contributed by atoms with Crippen LogP contribution in [0.15, 0.2) is 36.4 Å². The lowest BCUT2D eigenvalue weighted by atomic mass is 10.1. The SMILES string of the molecule is O=C(O)c1cc(Cl)c(NC(=O)c2cccc(O)c2)c(Cl)c1. The van der Waals surface area contributed by atoms with Crippen molar-refractivity contribution in [2.24, 2.45) is 0 Å². The van der Waals surface area contributed by atoms with E-state index in [1.54, 1.807) is 0 Å². The van der Waals surface area contributed by atoms with Crippen molar-refractivity contribution in [2.45, 2.75) is 0 Å². The number of nitrogens with one attached hydrogen (secondary N) is 1. The first-order valence-corrected chi connectivity index (χ1v) is 6.47. The summed E-state index contributed by atoms with van der Waals surface area (Å²) in [6.45, 7) is 0. The van der Waals surface area contributed by atoms with E-state index in [2.05, 4.69) is 5.32 Å². The van der Waals surface area contributed by atoms with E-state index in [1.165, 1.54) is 36.4 Å². The predicted octanol–water partition coefficient (Wildman–Crippen LogP) is 3.65. The van der Waals surface area contributed by atoms with Gasteiger partial charge in [-0.05, 0) is 30.3 Å². The standard InChI is InChI=1S/C14H9Cl2NO4/c15-10-5-8(14(20)21)6-11(16)12(10)17-13(19)7-2-1-3-9(18)4-7/h1-6,18H,(H,17,19)(H,20,21). The summed E-state index contributed by atoms with van der Waals surface area (Å²) in [6, 6.07) is 8.10. The summed E-state index contributed by atoms with van der Waals surface area (Å²) in [6.07, 6.45) is 0. The zero-order chi connectivity index (χ0) is 15.6. The molecule has 2 aromatic carbocycles. The van der Waals surface area contributed by atoms with E-state index < -0.39 is 11.9 Å². The zero-order valence-corrected chi connectivity index (χ0v) is 11.9. The minimum atomic E-state index is -1.18. The van der Waals surface area contributed by atoms with Gasteiger partial charge in [0.15, 0.2) is 0 Å². The molecule has 0 unspecified atom stereocenters. The summed E-state index contributed by atoms with van der Waals surface area (Å²) in [5.74, 6) is -1.76. The van der Waals surface area contributed by atoms with E-state index >= 15 is 0 Å². The maximum absolute atomic E-state index is 12.0. The van der Waals surface area contributed by atoms with Crippen molar-refractivity contribution in [2.75, 3.05) is 5.32 Å². The molecule has 0 aromatic heterocycles. The van der Waals surface area contributed by atoms with Crippen molar-refractivity contribution in [1.82, 2.24) is 0 Å². The summed E-state index contributed by atoms with van der Waals surface area (Å²) in [4.78, 5) is 22.9. The molecule has 5 nitrogen and oxygen atoms in total. The topological polar surface area (TPSA) is 86.6 Å². The fraction of sp³-hybridized carbons (Fsp3) is 0. The number of rotatable bonds is 3. The van der Waals surface area contributed by atoms with Crippen LogP contribution in [-0.4, -0.2) is 22.1 Å². The van der Waals surface area contributed by atoms with E-state index in [0.717, 1.165) is 0 Å². The van der Waals surface area contributed by atoms with Crippen LogP contribution in [0.4, 0.5) is 5.69 Å². The third-order valence-corrected chi connectivity index (χ3v) is 3.23. The van der Waals surface area contributed by atoms with E-state index in [1.807, 2.05) is 0 Å². The smallest absolute Gasteiger partial charge is 0.335 e. The van der Waals surface area contributed by atoms with Gasteiger partial charge in [-0.3, -0.25) is 4.79 Å². The second-order valence-electron chi connectivity index (χ2n) is 4.12. The minimum absolute atomic E-state index is 0.00778. The first-order valence-electron chi connectivity index (χ1n) is 5.71. The number of hydrogen-bond acceptors (Lipinski definition) is 3. The van der Waals surface area contributed by atoms with Crippen molar-refractivity contribution in [3.63, 3.8) is 0 Å². The number of phenols is 1. The van der Waals surface area contributed by atoms with Crippen molar-refractivity contribution in [1.29, 1.82) is 0 Å². The number of carboxylic acid groups (broad SMARTS) is 1. The molecule has 2 aromatic rings. The molecule has 0 saturated carbocycles. The molecule has 7 heteroatoms. The number of carbonyl (C=O) groups is 2. The van der Waals surface area contributed by atoms with Crippen molar-refractivity contribution in [3.05, 3.63) is 57.6 Å². The average molecular weight is 326 g/mol. The monoisotopic (exact) mass is 325 g/mol. The van der Waals surface area contributed by atoms with Crippen LogP contribution in [0.2, 0.25) is 10.0 Å². The van der Waals surface area contributed by atoms with Gasteiger partial charge in [0.2, 0.25) is 0 Å². The molecule has 21 heavy (non-hydrogen) atoms. The van der Waals surface area contributed by atoms with E-state index in [-0.39, 0.29) is 32.6 Å². The molecule has 0 heterocycles. The Kier molecular flexibility index (Phi) is 4.35. The Balaban J connectivity index is 2.32. The van der Waals surface area contributed by atoms with Crippen LogP contribution in [0.25, 0.3) is 0 Å². The van der Waals surface area contributed by atoms with Gasteiger partial charge in [0.1, 0.15) is 5.75 Å². The number of amides is 1. The summed E-state index contributed by atoms with van der Waals surface area (Å²) in [7, 11) is 0. The molecule has 3 N–H and O–H groups in total. The molecule has 2 rings (SSSR count). The Labute approximate surface area is 129 Å². The first kappa shape index (κ1) is 15.2. The second-order valence-corrected chi connectivity index (χ2v) is 4.94. The highest BCUT2D eigenvalue weighted by Crippen LogP contribution is 2.32. The van der Waals surface area contributed by atoms with Crippen LogP contribution >= 0.6 is 23.2 Å². The van der Waals surface area contributed by atoms with Gasteiger partial charge in [-0.25, -0.2) is 4.79 Å². The maximum atomic E-state index is 12.0. The average Bonchev–Trinajstić information content (AvgIpc) is 2.42. The maximum Gasteiger partial charge on any atom is 0.335 e. The van der Waals surface area contributed by atoms with Gasteiger partial charge in [-0.2, -0.15) is 0 Å². The van der Waals surface area contributed by atoms with Crippen LogP contribution in [0, 0.1) is 0 Å². The third-order valence-electron chi connectivity index (χ3n) is 2.64. The number of carboxylic acids is 1. The van der Waals surface area contributed by atoms with Gasteiger partial charge < -0.3 is 15.5 Å². The molecular weight excluding hydrogens is 317 g/mol. The molecule has 108 valence electrons. The number of carbonyl (C=O) groups excluding carboxylic acids is 1. The largest absolute Gasteiger partial charge is 0.508 e. The molecular formula is C14H9Cl2NO4. The summed E-state index contributed by atoms with van der Waals surface area (Å²) < 4.78 is 0. The molecule has 0 aliphatic carbocycles. The predicted molar refractivity (Wildman–Crippen MR) is 79.5 cm³/mol. The number of phenolic OH excluding ortho intramolecular Hbond substituents is 1. The highest BCUT2D eigenvalue weighted by atomic mass is 35.5. The molecule has 0 bridgehead atoms. The van der Waals surface area contributed by atoms with Crippen LogP contribution < -0.4 is 5.32 Å². The Morgan fingerprint density at radius 2 is 1.62 bits per heavy atom. The fourth-order valence-corrected chi connectivity index (χ4v) is 2.23. The van der Waals surface area contributed by atoms with Crippen molar-refractivity contribution in [3.8, 4) is 5.75 Å². The summed E-state index contributed by atoms with van der Waals surface area (Å²) in [5, 5.41) is 20.7. The highest BCUT2D eigenvalue weighted by molar-refractivity contribution is 6.40. The number of benzene rings is 2. The lowest BCUT2D eigenvalue weighted by molar-refractivity contribution is 0.0696. The first-order chi connectivity index (χ1) is 9.88. The zero-order valence-electron chi connectivity index (χ0n) is 10.4. The number of aromatic carboxylic acids is 1. The minimum Gasteiger partial charge on any atom is -0.508 e. The molecule has 0 aliphatic rings. The molecule has 0 atom stereocenters. The van der Waals surface area contributed by atoms with Crippen LogP contribution in [0.3, 0.4) is 0 Å². The third kappa shape index (κ3) is 3.45. The second kappa shape index (κ2) is 6.03.